The molecule has 0 aliphatic heterocycles. The topological polar surface area (TPSA) is 70.2 Å². The van der Waals surface area contributed by atoms with Crippen LogP contribution in [-0.2, 0) is 4.79 Å². The fourth-order valence-corrected chi connectivity index (χ4v) is 2.26. The summed E-state index contributed by atoms with van der Waals surface area (Å²) in [6.45, 7) is 7.95. The van der Waals surface area contributed by atoms with E-state index in [0.29, 0.717) is 5.56 Å². The molecule has 3 N–H and O–H groups in total. The monoisotopic (exact) mass is 339 g/mol. The molecule has 2 amide bonds. The Balaban J connectivity index is 1.87. The molecule has 0 radical (unpaired) electrons. The number of hydrogen-bond acceptors (Lipinski definition) is 3. The molecule has 5 heteroatoms. The van der Waals surface area contributed by atoms with E-state index in [4.69, 9.17) is 0 Å². The van der Waals surface area contributed by atoms with Gasteiger partial charge in [0, 0.05) is 22.5 Å². The smallest absolute Gasteiger partial charge is 0.251 e. The van der Waals surface area contributed by atoms with Crippen LogP contribution >= 0.6 is 0 Å². The van der Waals surface area contributed by atoms with Gasteiger partial charge in [-0.25, -0.2) is 0 Å². The van der Waals surface area contributed by atoms with E-state index in [1.54, 1.807) is 24.3 Å². The zero-order valence-corrected chi connectivity index (χ0v) is 15.1. The molecule has 2 aromatic rings. The lowest BCUT2D eigenvalue weighted by atomic mass is 10.1. The minimum absolute atomic E-state index is 0.115. The van der Waals surface area contributed by atoms with Gasteiger partial charge >= 0.3 is 0 Å². The van der Waals surface area contributed by atoms with E-state index >= 15 is 0 Å². The van der Waals surface area contributed by atoms with Gasteiger partial charge in [0.1, 0.15) is 0 Å². The first kappa shape index (κ1) is 18.5. The molecule has 0 bridgehead atoms. The highest BCUT2D eigenvalue weighted by Crippen LogP contribution is 2.12. The number of amides is 2. The van der Waals surface area contributed by atoms with Gasteiger partial charge in [-0.15, -0.1) is 0 Å². The third-order valence-corrected chi connectivity index (χ3v) is 3.39. The summed E-state index contributed by atoms with van der Waals surface area (Å²) < 4.78 is 0. The lowest BCUT2D eigenvalue weighted by molar-refractivity contribution is -0.114. The first-order chi connectivity index (χ1) is 11.7. The first-order valence-corrected chi connectivity index (χ1v) is 8.26. The predicted octanol–water partition coefficient (Wildman–Crippen LogP) is 3.57. The molecule has 0 aliphatic rings. The SMILES string of the molecule is Cc1cccc(NC(=O)CNc2ccc(C(=O)NC(C)(C)C)cc2)c1. The van der Waals surface area contributed by atoms with E-state index in [1.165, 1.54) is 0 Å². The average molecular weight is 339 g/mol. The number of hydrogen-bond donors (Lipinski definition) is 3. The van der Waals surface area contributed by atoms with Crippen molar-refractivity contribution in [2.24, 2.45) is 0 Å². The normalized spacial score (nSPS) is 10.9. The van der Waals surface area contributed by atoms with Crippen molar-refractivity contribution < 1.29 is 9.59 Å². The molecule has 0 aromatic heterocycles. The number of benzene rings is 2. The Morgan fingerprint density at radius 2 is 1.64 bits per heavy atom. The molecule has 0 unspecified atom stereocenters. The second-order valence-electron chi connectivity index (χ2n) is 7.05. The third kappa shape index (κ3) is 6.30. The van der Waals surface area contributed by atoms with Crippen molar-refractivity contribution in [3.05, 3.63) is 59.7 Å². The zero-order valence-electron chi connectivity index (χ0n) is 15.1. The quantitative estimate of drug-likeness (QED) is 0.780. The molecule has 5 nitrogen and oxygen atoms in total. The highest BCUT2D eigenvalue weighted by molar-refractivity contribution is 5.95. The number of anilines is 2. The first-order valence-electron chi connectivity index (χ1n) is 8.26. The highest BCUT2D eigenvalue weighted by atomic mass is 16.2. The van der Waals surface area contributed by atoms with E-state index in [1.807, 2.05) is 52.0 Å². The highest BCUT2D eigenvalue weighted by Gasteiger charge is 2.15. The molecule has 0 saturated carbocycles. The molecule has 0 saturated heterocycles. The van der Waals surface area contributed by atoms with Crippen LogP contribution in [-0.4, -0.2) is 23.9 Å². The van der Waals surface area contributed by atoms with Gasteiger partial charge in [-0.2, -0.15) is 0 Å². The molecule has 0 aliphatic carbocycles. The van der Waals surface area contributed by atoms with Gasteiger partial charge < -0.3 is 16.0 Å². The fraction of sp³-hybridized carbons (Fsp3) is 0.300. The van der Waals surface area contributed by atoms with E-state index in [0.717, 1.165) is 16.9 Å². The van der Waals surface area contributed by atoms with Crippen LogP contribution in [0.4, 0.5) is 11.4 Å². The number of carbonyl (C=O) groups is 2. The summed E-state index contributed by atoms with van der Waals surface area (Å²) in [5, 5.41) is 8.81. The standard InChI is InChI=1S/C20H25N3O2/c1-14-6-5-7-17(12-14)22-18(24)13-21-16-10-8-15(9-11-16)19(25)23-20(2,3)4/h5-12,21H,13H2,1-4H3,(H,22,24)(H,23,25). The van der Waals surface area contributed by atoms with Crippen molar-refractivity contribution in [2.75, 3.05) is 17.2 Å². The van der Waals surface area contributed by atoms with Crippen molar-refractivity contribution >= 4 is 23.2 Å². The Labute approximate surface area is 148 Å². The molecule has 132 valence electrons. The molecule has 0 atom stereocenters. The second kappa shape index (κ2) is 7.83. The van der Waals surface area contributed by atoms with Crippen molar-refractivity contribution in [3.8, 4) is 0 Å². The van der Waals surface area contributed by atoms with Gasteiger partial charge in [0.15, 0.2) is 0 Å². The molecule has 2 aromatic carbocycles. The molecule has 0 fully saturated rings. The van der Waals surface area contributed by atoms with Crippen molar-refractivity contribution in [3.63, 3.8) is 0 Å². The van der Waals surface area contributed by atoms with Crippen molar-refractivity contribution in [1.82, 2.24) is 5.32 Å². The van der Waals surface area contributed by atoms with Crippen LogP contribution in [0.3, 0.4) is 0 Å². The lowest BCUT2D eigenvalue weighted by Crippen LogP contribution is -2.40. The van der Waals surface area contributed by atoms with Crippen molar-refractivity contribution in [1.29, 1.82) is 0 Å². The number of carbonyl (C=O) groups excluding carboxylic acids is 2. The average Bonchev–Trinajstić information content (AvgIpc) is 2.52. The summed E-state index contributed by atoms with van der Waals surface area (Å²) >= 11 is 0. The molecule has 25 heavy (non-hydrogen) atoms. The summed E-state index contributed by atoms with van der Waals surface area (Å²) in [4.78, 5) is 24.1. The molecular formula is C20H25N3O2. The van der Waals surface area contributed by atoms with Crippen LogP contribution in [0.5, 0.6) is 0 Å². The summed E-state index contributed by atoms with van der Waals surface area (Å²) in [5.74, 6) is -0.239. The zero-order chi connectivity index (χ0) is 18.4. The summed E-state index contributed by atoms with van der Waals surface area (Å²) in [5.41, 5.74) is 2.97. The van der Waals surface area contributed by atoms with Gasteiger partial charge in [0.2, 0.25) is 5.91 Å². The van der Waals surface area contributed by atoms with Crippen LogP contribution in [0.15, 0.2) is 48.5 Å². The summed E-state index contributed by atoms with van der Waals surface area (Å²) in [6.07, 6.45) is 0. The van der Waals surface area contributed by atoms with E-state index < -0.39 is 0 Å². The second-order valence-corrected chi connectivity index (χ2v) is 7.05. The molecule has 2 rings (SSSR count). The minimum atomic E-state index is -0.276. The predicted molar refractivity (Wildman–Crippen MR) is 102 cm³/mol. The van der Waals surface area contributed by atoms with Gasteiger partial charge in [-0.3, -0.25) is 9.59 Å². The van der Waals surface area contributed by atoms with Gasteiger partial charge in [-0.05, 0) is 69.7 Å². The lowest BCUT2D eigenvalue weighted by Gasteiger charge is -2.20. The third-order valence-electron chi connectivity index (χ3n) is 3.39. The molecular weight excluding hydrogens is 314 g/mol. The summed E-state index contributed by atoms with van der Waals surface area (Å²) in [7, 11) is 0. The van der Waals surface area contributed by atoms with Crippen LogP contribution in [0.2, 0.25) is 0 Å². The van der Waals surface area contributed by atoms with Gasteiger partial charge in [0.25, 0.3) is 5.91 Å². The Kier molecular flexibility index (Phi) is 5.80. The molecule has 0 heterocycles. The number of aryl methyl sites for hydroxylation is 1. The van der Waals surface area contributed by atoms with Gasteiger partial charge in [-0.1, -0.05) is 12.1 Å². The van der Waals surface area contributed by atoms with Crippen LogP contribution in [0.1, 0.15) is 36.7 Å². The number of nitrogens with one attached hydrogen (secondary N) is 3. The summed E-state index contributed by atoms with van der Waals surface area (Å²) in [6, 6.07) is 14.7. The molecule has 0 spiro atoms. The van der Waals surface area contributed by atoms with Crippen LogP contribution < -0.4 is 16.0 Å². The largest absolute Gasteiger partial charge is 0.376 e. The Hall–Kier alpha value is -2.82. The fourth-order valence-electron chi connectivity index (χ4n) is 2.26. The van der Waals surface area contributed by atoms with Gasteiger partial charge in [0.05, 0.1) is 6.54 Å². The number of rotatable bonds is 5. The maximum Gasteiger partial charge on any atom is 0.251 e. The van der Waals surface area contributed by atoms with Crippen LogP contribution in [0, 0.1) is 6.92 Å². The van der Waals surface area contributed by atoms with Crippen LogP contribution in [0.25, 0.3) is 0 Å². The maximum atomic E-state index is 12.1. The minimum Gasteiger partial charge on any atom is -0.376 e. The Morgan fingerprint density at radius 1 is 0.960 bits per heavy atom. The Bertz CT molecular complexity index is 746. The Morgan fingerprint density at radius 3 is 2.24 bits per heavy atom. The van der Waals surface area contributed by atoms with E-state index in [-0.39, 0.29) is 23.9 Å². The maximum absolute atomic E-state index is 12.1. The van der Waals surface area contributed by atoms with E-state index in [9.17, 15) is 9.59 Å². The van der Waals surface area contributed by atoms with E-state index in [2.05, 4.69) is 16.0 Å². The van der Waals surface area contributed by atoms with Crippen molar-refractivity contribution in [2.45, 2.75) is 33.2 Å².